The largest absolute Gasteiger partial charge is 0.397 e. The van der Waals surface area contributed by atoms with Crippen LogP contribution in [0.3, 0.4) is 0 Å². The quantitative estimate of drug-likeness (QED) is 0.587. The van der Waals surface area contributed by atoms with Crippen LogP contribution < -0.4 is 5.73 Å². The first kappa shape index (κ1) is 18.0. The monoisotopic (exact) mass is 316 g/mol. The fraction of sp³-hybridized carbons (Fsp3) is 0.650. The molecule has 0 bridgehead atoms. The van der Waals surface area contributed by atoms with Gasteiger partial charge in [-0.15, -0.1) is 0 Å². The molecule has 0 unspecified atom stereocenters. The Bertz CT molecular complexity index is 520. The van der Waals surface area contributed by atoms with Crippen LogP contribution in [0.5, 0.6) is 0 Å². The van der Waals surface area contributed by atoms with E-state index in [4.69, 9.17) is 10.5 Å². The third-order valence-electron chi connectivity index (χ3n) is 5.40. The van der Waals surface area contributed by atoms with E-state index in [1.165, 1.54) is 37.7 Å². The SMILES string of the molecule is C=C/C(N)=C(N=C)/C(=C/CC)C1CCC2(CC1)COC(C)(C)C2. The highest BCUT2D eigenvalue weighted by Gasteiger charge is 2.46. The molecule has 23 heavy (non-hydrogen) atoms. The van der Waals surface area contributed by atoms with Crippen LogP contribution in [0.2, 0.25) is 0 Å². The van der Waals surface area contributed by atoms with Crippen LogP contribution in [0.25, 0.3) is 0 Å². The molecule has 3 heteroatoms. The summed E-state index contributed by atoms with van der Waals surface area (Å²) in [6.07, 6.45) is 10.9. The molecule has 2 rings (SSSR count). The van der Waals surface area contributed by atoms with Gasteiger partial charge >= 0.3 is 0 Å². The van der Waals surface area contributed by atoms with Crippen LogP contribution in [-0.4, -0.2) is 18.9 Å². The number of ether oxygens (including phenoxy) is 1. The van der Waals surface area contributed by atoms with Gasteiger partial charge in [-0.3, -0.25) is 4.99 Å². The van der Waals surface area contributed by atoms with Gasteiger partial charge in [0.1, 0.15) is 0 Å². The zero-order valence-corrected chi connectivity index (χ0v) is 15.0. The van der Waals surface area contributed by atoms with Crippen molar-refractivity contribution in [2.75, 3.05) is 6.61 Å². The van der Waals surface area contributed by atoms with Crippen molar-refractivity contribution < 1.29 is 4.74 Å². The van der Waals surface area contributed by atoms with Crippen LogP contribution in [0.1, 0.15) is 59.3 Å². The van der Waals surface area contributed by atoms with Crippen molar-refractivity contribution >= 4 is 6.72 Å². The summed E-state index contributed by atoms with van der Waals surface area (Å²) in [6, 6.07) is 0. The molecule has 1 aliphatic heterocycles. The maximum absolute atomic E-state index is 6.08. The minimum absolute atomic E-state index is 0.0376. The average molecular weight is 316 g/mol. The molecular weight excluding hydrogens is 284 g/mol. The highest BCUT2D eigenvalue weighted by atomic mass is 16.5. The zero-order chi connectivity index (χ0) is 17.1. The van der Waals surface area contributed by atoms with Crippen molar-refractivity contribution in [3.8, 4) is 0 Å². The normalized spacial score (nSPS) is 31.8. The molecule has 1 heterocycles. The topological polar surface area (TPSA) is 47.6 Å². The lowest BCUT2D eigenvalue weighted by atomic mass is 9.66. The zero-order valence-electron chi connectivity index (χ0n) is 15.0. The van der Waals surface area contributed by atoms with Gasteiger partial charge in [0.25, 0.3) is 0 Å². The van der Waals surface area contributed by atoms with Gasteiger partial charge in [0.2, 0.25) is 0 Å². The third-order valence-corrected chi connectivity index (χ3v) is 5.40. The number of hydrogen-bond donors (Lipinski definition) is 1. The van der Waals surface area contributed by atoms with E-state index >= 15 is 0 Å². The van der Waals surface area contributed by atoms with E-state index in [1.807, 2.05) is 0 Å². The second-order valence-corrected chi connectivity index (χ2v) is 7.73. The van der Waals surface area contributed by atoms with Crippen LogP contribution in [0.15, 0.2) is 40.7 Å². The Hall–Kier alpha value is -1.35. The minimum atomic E-state index is 0.0376. The van der Waals surface area contributed by atoms with E-state index in [0.29, 0.717) is 17.0 Å². The molecule has 3 nitrogen and oxygen atoms in total. The Balaban J connectivity index is 2.15. The van der Waals surface area contributed by atoms with E-state index in [-0.39, 0.29) is 5.60 Å². The summed E-state index contributed by atoms with van der Waals surface area (Å²) in [4.78, 5) is 4.21. The molecule has 0 aromatic rings. The lowest BCUT2D eigenvalue weighted by Crippen LogP contribution is -2.30. The maximum atomic E-state index is 6.08. The van der Waals surface area contributed by atoms with Gasteiger partial charge in [-0.2, -0.15) is 0 Å². The first-order valence-electron chi connectivity index (χ1n) is 8.80. The highest BCUT2D eigenvalue weighted by molar-refractivity contribution is 5.44. The predicted octanol–water partition coefficient (Wildman–Crippen LogP) is 4.76. The second-order valence-electron chi connectivity index (χ2n) is 7.73. The molecule has 0 atom stereocenters. The van der Waals surface area contributed by atoms with E-state index in [9.17, 15) is 0 Å². The molecule has 2 fully saturated rings. The molecule has 2 aliphatic rings. The summed E-state index contributed by atoms with van der Waals surface area (Å²) >= 11 is 0. The molecule has 1 saturated heterocycles. The van der Waals surface area contributed by atoms with Gasteiger partial charge in [-0.25, -0.2) is 0 Å². The summed E-state index contributed by atoms with van der Waals surface area (Å²) < 4.78 is 6.02. The first-order chi connectivity index (χ1) is 10.9. The molecule has 1 saturated carbocycles. The van der Waals surface area contributed by atoms with E-state index in [0.717, 1.165) is 18.7 Å². The second kappa shape index (κ2) is 7.04. The number of hydrogen-bond acceptors (Lipinski definition) is 3. The van der Waals surface area contributed by atoms with Crippen molar-refractivity contribution in [2.45, 2.75) is 64.9 Å². The molecule has 1 spiro atoms. The Kier molecular flexibility index (Phi) is 5.51. The lowest BCUT2D eigenvalue weighted by Gasteiger charge is -2.37. The van der Waals surface area contributed by atoms with Crippen molar-refractivity contribution in [2.24, 2.45) is 22.1 Å². The standard InChI is InChI=1S/C20H32N2O/c1-6-8-16(18(22-5)17(21)7-2)15-9-11-20(12-10-15)13-19(3,4)23-14-20/h7-8,15H,2,5-6,9-14,21H2,1,3-4H3/b16-8+,18-17+. The van der Waals surface area contributed by atoms with Gasteiger partial charge in [0.05, 0.1) is 23.6 Å². The van der Waals surface area contributed by atoms with Gasteiger partial charge in [0, 0.05) is 0 Å². The van der Waals surface area contributed by atoms with Crippen molar-refractivity contribution in [3.63, 3.8) is 0 Å². The van der Waals surface area contributed by atoms with Gasteiger partial charge in [-0.1, -0.05) is 19.6 Å². The van der Waals surface area contributed by atoms with Crippen molar-refractivity contribution in [3.05, 3.63) is 35.7 Å². The Labute approximate surface area is 141 Å². The fourth-order valence-corrected chi connectivity index (χ4v) is 4.34. The smallest absolute Gasteiger partial charge is 0.0882 e. The number of rotatable bonds is 5. The molecule has 1 aliphatic carbocycles. The summed E-state index contributed by atoms with van der Waals surface area (Å²) in [6.45, 7) is 15.0. The molecule has 2 N–H and O–H groups in total. The lowest BCUT2D eigenvalue weighted by molar-refractivity contribution is 0.0276. The van der Waals surface area contributed by atoms with Crippen LogP contribution in [0.4, 0.5) is 0 Å². The van der Waals surface area contributed by atoms with Crippen LogP contribution in [-0.2, 0) is 4.74 Å². The predicted molar refractivity (Wildman–Crippen MR) is 98.4 cm³/mol. The number of allylic oxidation sites excluding steroid dienone is 3. The highest BCUT2D eigenvalue weighted by Crippen LogP contribution is 2.51. The molecule has 0 aromatic carbocycles. The molecule has 0 amide bonds. The van der Waals surface area contributed by atoms with Crippen molar-refractivity contribution in [1.29, 1.82) is 0 Å². The van der Waals surface area contributed by atoms with E-state index < -0.39 is 0 Å². The Morgan fingerprint density at radius 1 is 1.35 bits per heavy atom. The fourth-order valence-electron chi connectivity index (χ4n) is 4.34. The molecule has 0 aromatic heterocycles. The van der Waals surface area contributed by atoms with E-state index in [2.05, 4.69) is 45.1 Å². The third kappa shape index (κ3) is 3.95. The van der Waals surface area contributed by atoms with Gasteiger partial charge in [0.15, 0.2) is 0 Å². The molecular formula is C20H32N2O. The summed E-state index contributed by atoms with van der Waals surface area (Å²) in [7, 11) is 0. The number of nitrogens with two attached hydrogens (primary N) is 1. The molecule has 0 radical (unpaired) electrons. The van der Waals surface area contributed by atoms with Gasteiger partial charge in [-0.05, 0) is 82.1 Å². The first-order valence-corrected chi connectivity index (χ1v) is 8.80. The average Bonchev–Trinajstić information content (AvgIpc) is 2.82. The van der Waals surface area contributed by atoms with Crippen molar-refractivity contribution in [1.82, 2.24) is 0 Å². The Morgan fingerprint density at radius 3 is 2.43 bits per heavy atom. The number of nitrogens with zero attached hydrogens (tertiary/aromatic N) is 1. The number of aliphatic imine (C=N–C) groups is 1. The summed E-state index contributed by atoms with van der Waals surface area (Å²) in [5, 5.41) is 0. The van der Waals surface area contributed by atoms with E-state index in [1.54, 1.807) is 6.08 Å². The minimum Gasteiger partial charge on any atom is -0.397 e. The van der Waals surface area contributed by atoms with Gasteiger partial charge < -0.3 is 10.5 Å². The maximum Gasteiger partial charge on any atom is 0.0882 e. The summed E-state index contributed by atoms with van der Waals surface area (Å²) in [5.74, 6) is 0.517. The van der Waals surface area contributed by atoms with Crippen LogP contribution >= 0.6 is 0 Å². The summed E-state index contributed by atoms with van der Waals surface area (Å²) in [5.41, 5.74) is 9.22. The Morgan fingerprint density at radius 2 is 2.00 bits per heavy atom. The molecule has 128 valence electrons. The van der Waals surface area contributed by atoms with Crippen LogP contribution in [0, 0.1) is 11.3 Å².